The highest BCUT2D eigenvalue weighted by Crippen LogP contribution is 2.17. The quantitative estimate of drug-likeness (QED) is 0.764. The third kappa shape index (κ3) is 5.64. The van der Waals surface area contributed by atoms with Crippen molar-refractivity contribution in [1.29, 1.82) is 0 Å². The van der Waals surface area contributed by atoms with Gasteiger partial charge in [-0.3, -0.25) is 9.59 Å². The maximum atomic E-state index is 13.4. The highest BCUT2D eigenvalue weighted by atomic mass is 19.1. The van der Waals surface area contributed by atoms with Crippen LogP contribution in [0.3, 0.4) is 0 Å². The van der Waals surface area contributed by atoms with Crippen molar-refractivity contribution in [3.05, 3.63) is 64.5 Å². The van der Waals surface area contributed by atoms with Crippen molar-refractivity contribution in [3.8, 4) is 0 Å². The second-order valence-electron chi connectivity index (χ2n) is 6.11. The van der Waals surface area contributed by atoms with Gasteiger partial charge in [-0.1, -0.05) is 18.2 Å². The molecule has 2 aromatic rings. The first-order valence-corrected chi connectivity index (χ1v) is 8.34. The Morgan fingerprint density at radius 3 is 2.44 bits per heavy atom. The minimum atomic E-state index is -0.816. The fourth-order valence-electron chi connectivity index (χ4n) is 2.25. The zero-order valence-electron chi connectivity index (χ0n) is 15.4. The summed E-state index contributed by atoms with van der Waals surface area (Å²) in [6, 6.07) is 9.43. The summed E-state index contributed by atoms with van der Waals surface area (Å²) < 4.78 is 18.3. The molecular weight excluding hydrogens is 351 g/mol. The molecule has 0 heterocycles. The van der Waals surface area contributed by atoms with E-state index in [0.717, 1.165) is 17.2 Å². The van der Waals surface area contributed by atoms with Crippen molar-refractivity contribution in [2.45, 2.75) is 20.8 Å². The van der Waals surface area contributed by atoms with Crippen molar-refractivity contribution in [3.63, 3.8) is 0 Å². The third-order valence-corrected chi connectivity index (χ3v) is 4.07. The van der Waals surface area contributed by atoms with Crippen LogP contribution in [-0.2, 0) is 14.3 Å². The molecule has 2 amide bonds. The number of ether oxygens (including phenoxy) is 1. The van der Waals surface area contributed by atoms with Crippen molar-refractivity contribution in [2.75, 3.05) is 18.5 Å². The fourth-order valence-corrected chi connectivity index (χ4v) is 2.25. The van der Waals surface area contributed by atoms with Crippen LogP contribution in [0.25, 0.3) is 0 Å². The third-order valence-electron chi connectivity index (χ3n) is 4.07. The molecule has 0 aliphatic carbocycles. The van der Waals surface area contributed by atoms with E-state index in [0.29, 0.717) is 11.3 Å². The first kappa shape index (κ1) is 20.1. The highest BCUT2D eigenvalue weighted by molar-refractivity contribution is 5.96. The number of rotatable bonds is 6. The number of carbonyl (C=O) groups excluding carboxylic acids is 3. The number of hydrogen-bond acceptors (Lipinski definition) is 4. The van der Waals surface area contributed by atoms with Gasteiger partial charge in [-0.05, 0) is 55.7 Å². The molecule has 0 radical (unpaired) electrons. The van der Waals surface area contributed by atoms with Gasteiger partial charge in [0, 0.05) is 5.69 Å². The van der Waals surface area contributed by atoms with E-state index in [1.165, 1.54) is 12.1 Å². The van der Waals surface area contributed by atoms with E-state index in [4.69, 9.17) is 4.74 Å². The lowest BCUT2D eigenvalue weighted by Crippen LogP contribution is -2.35. The average Bonchev–Trinajstić information content (AvgIpc) is 2.64. The molecule has 2 rings (SSSR count). The predicted octanol–water partition coefficient (Wildman–Crippen LogP) is 2.66. The number of amides is 2. The second-order valence-corrected chi connectivity index (χ2v) is 6.11. The van der Waals surface area contributed by atoms with Crippen LogP contribution >= 0.6 is 0 Å². The van der Waals surface area contributed by atoms with E-state index in [1.807, 2.05) is 26.0 Å². The van der Waals surface area contributed by atoms with Crippen molar-refractivity contribution >= 4 is 23.5 Å². The average molecular weight is 372 g/mol. The van der Waals surface area contributed by atoms with E-state index < -0.39 is 30.2 Å². The molecule has 0 unspecified atom stereocenters. The Balaban J connectivity index is 1.78. The molecule has 0 aliphatic rings. The lowest BCUT2D eigenvalue weighted by Gasteiger charge is -2.11. The summed E-state index contributed by atoms with van der Waals surface area (Å²) in [5, 5.41) is 5.07. The van der Waals surface area contributed by atoms with E-state index in [1.54, 1.807) is 13.0 Å². The molecule has 0 bridgehead atoms. The lowest BCUT2D eigenvalue weighted by atomic mass is 10.1. The molecule has 7 heteroatoms. The molecule has 0 spiro atoms. The molecule has 0 aliphatic heterocycles. The van der Waals surface area contributed by atoms with Gasteiger partial charge in [-0.15, -0.1) is 0 Å². The molecule has 6 nitrogen and oxygen atoms in total. The zero-order valence-corrected chi connectivity index (χ0v) is 15.4. The molecule has 0 atom stereocenters. The minimum absolute atomic E-state index is 0.0126. The molecular formula is C20H21FN2O4. The van der Waals surface area contributed by atoms with Crippen LogP contribution in [-0.4, -0.2) is 30.9 Å². The fraction of sp³-hybridized carbons (Fsp3) is 0.250. The summed E-state index contributed by atoms with van der Waals surface area (Å²) in [4.78, 5) is 35.5. The molecule has 142 valence electrons. The van der Waals surface area contributed by atoms with Crippen molar-refractivity contribution in [1.82, 2.24) is 5.32 Å². The molecule has 0 saturated carbocycles. The normalized spacial score (nSPS) is 10.2. The van der Waals surface area contributed by atoms with Crippen LogP contribution < -0.4 is 10.6 Å². The van der Waals surface area contributed by atoms with Gasteiger partial charge >= 0.3 is 5.97 Å². The smallest absolute Gasteiger partial charge is 0.338 e. The van der Waals surface area contributed by atoms with Crippen LogP contribution in [0.1, 0.15) is 27.0 Å². The van der Waals surface area contributed by atoms with Gasteiger partial charge in [0.25, 0.3) is 5.91 Å². The van der Waals surface area contributed by atoms with E-state index in [2.05, 4.69) is 10.6 Å². The van der Waals surface area contributed by atoms with Gasteiger partial charge in [-0.25, -0.2) is 9.18 Å². The number of benzene rings is 2. The van der Waals surface area contributed by atoms with E-state index >= 15 is 0 Å². The summed E-state index contributed by atoms with van der Waals surface area (Å²) in [5.41, 5.74) is 3.06. The molecule has 2 N–H and O–H groups in total. The maximum Gasteiger partial charge on any atom is 0.338 e. The van der Waals surface area contributed by atoms with E-state index in [-0.39, 0.29) is 12.1 Å². The number of nitrogens with one attached hydrogen (secondary N) is 2. The summed E-state index contributed by atoms with van der Waals surface area (Å²) in [5.74, 6) is -2.38. The Morgan fingerprint density at radius 1 is 1.00 bits per heavy atom. The summed E-state index contributed by atoms with van der Waals surface area (Å²) in [6.07, 6.45) is 0. The molecule has 2 aromatic carbocycles. The van der Waals surface area contributed by atoms with E-state index in [9.17, 15) is 18.8 Å². The Hall–Kier alpha value is -3.22. The highest BCUT2D eigenvalue weighted by Gasteiger charge is 2.13. The van der Waals surface area contributed by atoms with Crippen LogP contribution in [0.2, 0.25) is 0 Å². The maximum absolute atomic E-state index is 13.4. The second kappa shape index (κ2) is 8.93. The Morgan fingerprint density at radius 2 is 1.74 bits per heavy atom. The van der Waals surface area contributed by atoms with Crippen LogP contribution in [0.5, 0.6) is 0 Å². The van der Waals surface area contributed by atoms with Crippen molar-refractivity contribution < 1.29 is 23.5 Å². The molecule has 0 aromatic heterocycles. The SMILES string of the molecule is Cc1ccc(C(=O)OCC(=O)NCC(=O)Nc2cccc(C)c2C)cc1F. The number of halogens is 1. The summed E-state index contributed by atoms with van der Waals surface area (Å²) in [6.45, 7) is 4.56. The van der Waals surface area contributed by atoms with Crippen LogP contribution in [0.15, 0.2) is 36.4 Å². The van der Waals surface area contributed by atoms with Gasteiger partial charge in [0.05, 0.1) is 12.1 Å². The monoisotopic (exact) mass is 372 g/mol. The summed E-state index contributed by atoms with van der Waals surface area (Å²) in [7, 11) is 0. The Bertz CT molecular complexity index is 880. The van der Waals surface area contributed by atoms with Gasteiger partial charge in [0.2, 0.25) is 5.91 Å². The number of esters is 1. The number of anilines is 1. The van der Waals surface area contributed by atoms with Gasteiger partial charge in [0.15, 0.2) is 6.61 Å². The van der Waals surface area contributed by atoms with Crippen LogP contribution in [0, 0.1) is 26.6 Å². The Kier molecular flexibility index (Phi) is 6.65. The molecule has 0 saturated heterocycles. The first-order chi connectivity index (χ1) is 12.8. The minimum Gasteiger partial charge on any atom is -0.452 e. The Labute approximate surface area is 156 Å². The van der Waals surface area contributed by atoms with Gasteiger partial charge < -0.3 is 15.4 Å². The zero-order chi connectivity index (χ0) is 20.0. The number of hydrogen-bond donors (Lipinski definition) is 2. The van der Waals surface area contributed by atoms with Gasteiger partial charge in [0.1, 0.15) is 5.82 Å². The predicted molar refractivity (Wildman–Crippen MR) is 99.0 cm³/mol. The lowest BCUT2D eigenvalue weighted by molar-refractivity contribution is -0.126. The standard InChI is InChI=1S/C20H21FN2O4/c1-12-5-4-6-17(14(12)3)23-18(24)10-22-19(25)11-27-20(26)15-8-7-13(2)16(21)9-15/h4-9H,10-11H2,1-3H3,(H,22,25)(H,23,24). The summed E-state index contributed by atoms with van der Waals surface area (Å²) >= 11 is 0. The number of aryl methyl sites for hydroxylation is 2. The topological polar surface area (TPSA) is 84.5 Å². The largest absolute Gasteiger partial charge is 0.452 e. The van der Waals surface area contributed by atoms with Crippen LogP contribution in [0.4, 0.5) is 10.1 Å². The number of carbonyl (C=O) groups is 3. The van der Waals surface area contributed by atoms with Crippen molar-refractivity contribution in [2.24, 2.45) is 0 Å². The molecule has 0 fully saturated rings. The molecule has 27 heavy (non-hydrogen) atoms. The first-order valence-electron chi connectivity index (χ1n) is 8.34. The van der Waals surface area contributed by atoms with Gasteiger partial charge in [-0.2, -0.15) is 0 Å².